The summed E-state index contributed by atoms with van der Waals surface area (Å²) in [6.07, 6.45) is -1.20. The summed E-state index contributed by atoms with van der Waals surface area (Å²) in [6.45, 7) is 2.07. The fourth-order valence-corrected chi connectivity index (χ4v) is 2.33. The van der Waals surface area contributed by atoms with Crippen molar-refractivity contribution in [3.63, 3.8) is 0 Å². The number of fused-ring (bicyclic) bond motifs is 1. The first-order valence-electron chi connectivity index (χ1n) is 7.81. The minimum atomic E-state index is -1.03. The maximum absolute atomic E-state index is 13.2. The summed E-state index contributed by atoms with van der Waals surface area (Å²) in [4.78, 5) is 12.1. The van der Waals surface area contributed by atoms with E-state index in [0.717, 1.165) is 12.1 Å². The lowest BCUT2D eigenvalue weighted by Crippen LogP contribution is -2.44. The van der Waals surface area contributed by atoms with Gasteiger partial charge >= 0.3 is 0 Å². The maximum atomic E-state index is 13.2. The Hall–Kier alpha value is -2.83. The van der Waals surface area contributed by atoms with Crippen LogP contribution in [0.2, 0.25) is 0 Å². The van der Waals surface area contributed by atoms with Gasteiger partial charge in [-0.1, -0.05) is 12.1 Å². The minimum Gasteiger partial charge on any atom is -0.486 e. The highest BCUT2D eigenvalue weighted by molar-refractivity contribution is 5.80. The van der Waals surface area contributed by atoms with Crippen LogP contribution in [0.5, 0.6) is 17.2 Å². The summed E-state index contributed by atoms with van der Waals surface area (Å²) in [5.74, 6) is -1.03. The van der Waals surface area contributed by atoms with E-state index in [-0.39, 0.29) is 18.4 Å². The molecule has 0 fully saturated rings. The highest BCUT2D eigenvalue weighted by atomic mass is 19.2. The van der Waals surface area contributed by atoms with E-state index in [0.29, 0.717) is 18.1 Å². The highest BCUT2D eigenvalue weighted by Crippen LogP contribution is 2.30. The van der Waals surface area contributed by atoms with Gasteiger partial charge in [0.15, 0.2) is 29.2 Å². The Labute approximate surface area is 143 Å². The van der Waals surface area contributed by atoms with Crippen molar-refractivity contribution in [1.82, 2.24) is 5.32 Å². The van der Waals surface area contributed by atoms with E-state index in [4.69, 9.17) is 14.2 Å². The third kappa shape index (κ3) is 4.17. The van der Waals surface area contributed by atoms with E-state index in [9.17, 15) is 13.6 Å². The first kappa shape index (κ1) is 17.0. The predicted octanol–water partition coefficient (Wildman–Crippen LogP) is 2.69. The SMILES string of the molecule is CC(Oc1ccc(F)c(F)c1)C(=O)NCC1COc2ccccc2O1. The van der Waals surface area contributed by atoms with Crippen molar-refractivity contribution in [3.05, 3.63) is 54.1 Å². The monoisotopic (exact) mass is 349 g/mol. The molecule has 2 aromatic rings. The number of para-hydroxylation sites is 2. The Morgan fingerprint density at radius 3 is 2.76 bits per heavy atom. The number of carbonyl (C=O) groups is 1. The molecular formula is C18H17F2NO4. The van der Waals surface area contributed by atoms with Crippen molar-refractivity contribution in [2.75, 3.05) is 13.2 Å². The summed E-state index contributed by atoms with van der Waals surface area (Å²) in [6, 6.07) is 10.4. The van der Waals surface area contributed by atoms with Gasteiger partial charge in [0.2, 0.25) is 0 Å². The Morgan fingerprint density at radius 1 is 1.24 bits per heavy atom. The minimum absolute atomic E-state index is 0.0766. The molecule has 3 rings (SSSR count). The predicted molar refractivity (Wildman–Crippen MR) is 85.8 cm³/mol. The third-order valence-electron chi connectivity index (χ3n) is 3.64. The average Bonchev–Trinajstić information content (AvgIpc) is 2.62. The molecular weight excluding hydrogens is 332 g/mol. The van der Waals surface area contributed by atoms with Gasteiger partial charge in [0.1, 0.15) is 18.5 Å². The second-order valence-electron chi connectivity index (χ2n) is 5.58. The van der Waals surface area contributed by atoms with Gasteiger partial charge in [-0.3, -0.25) is 4.79 Å². The van der Waals surface area contributed by atoms with Crippen molar-refractivity contribution < 1.29 is 27.8 Å². The molecule has 1 aliphatic heterocycles. The lowest BCUT2D eigenvalue weighted by atomic mass is 10.2. The molecule has 2 atom stereocenters. The molecule has 2 unspecified atom stereocenters. The molecule has 0 aromatic heterocycles. The van der Waals surface area contributed by atoms with Gasteiger partial charge in [0.25, 0.3) is 5.91 Å². The summed E-state index contributed by atoms with van der Waals surface area (Å²) >= 11 is 0. The number of rotatable bonds is 5. The molecule has 2 aromatic carbocycles. The molecule has 1 heterocycles. The Bertz CT molecular complexity index is 768. The molecule has 1 N–H and O–H groups in total. The van der Waals surface area contributed by atoms with Crippen molar-refractivity contribution in [3.8, 4) is 17.2 Å². The Morgan fingerprint density at radius 2 is 2.00 bits per heavy atom. The van der Waals surface area contributed by atoms with E-state index in [1.54, 1.807) is 6.07 Å². The molecule has 0 bridgehead atoms. The summed E-state index contributed by atoms with van der Waals surface area (Å²) in [5.41, 5.74) is 0. The number of carbonyl (C=O) groups excluding carboxylic acids is 1. The quantitative estimate of drug-likeness (QED) is 0.902. The zero-order valence-electron chi connectivity index (χ0n) is 13.5. The van der Waals surface area contributed by atoms with Crippen molar-refractivity contribution >= 4 is 5.91 Å². The number of hydrogen-bond donors (Lipinski definition) is 1. The van der Waals surface area contributed by atoms with Gasteiger partial charge < -0.3 is 19.5 Å². The Balaban J connectivity index is 1.50. The van der Waals surface area contributed by atoms with Crippen LogP contribution >= 0.6 is 0 Å². The van der Waals surface area contributed by atoms with Gasteiger partial charge in [0.05, 0.1) is 6.54 Å². The number of ether oxygens (including phenoxy) is 3. The van der Waals surface area contributed by atoms with E-state index in [2.05, 4.69) is 5.32 Å². The number of benzene rings is 2. The standard InChI is InChI=1S/C18H17F2NO4/c1-11(24-12-6-7-14(19)15(20)8-12)18(22)21-9-13-10-23-16-4-2-3-5-17(16)25-13/h2-8,11,13H,9-10H2,1H3,(H,21,22). The summed E-state index contributed by atoms with van der Waals surface area (Å²) in [7, 11) is 0. The first-order chi connectivity index (χ1) is 12.0. The van der Waals surface area contributed by atoms with Crippen LogP contribution in [0, 0.1) is 11.6 Å². The molecule has 25 heavy (non-hydrogen) atoms. The third-order valence-corrected chi connectivity index (χ3v) is 3.64. The van der Waals surface area contributed by atoms with Gasteiger partial charge in [-0.25, -0.2) is 8.78 Å². The van der Waals surface area contributed by atoms with E-state index < -0.39 is 23.6 Å². The maximum Gasteiger partial charge on any atom is 0.260 e. The van der Waals surface area contributed by atoms with Crippen LogP contribution in [0.1, 0.15) is 6.92 Å². The second kappa shape index (κ2) is 7.38. The van der Waals surface area contributed by atoms with E-state index >= 15 is 0 Å². The molecule has 0 saturated carbocycles. The molecule has 5 nitrogen and oxygen atoms in total. The zero-order valence-corrected chi connectivity index (χ0v) is 13.5. The van der Waals surface area contributed by atoms with Crippen molar-refractivity contribution in [2.24, 2.45) is 0 Å². The molecule has 1 amide bonds. The number of nitrogens with one attached hydrogen (secondary N) is 1. The van der Waals surface area contributed by atoms with Crippen molar-refractivity contribution in [1.29, 1.82) is 0 Å². The molecule has 132 valence electrons. The molecule has 1 aliphatic rings. The zero-order chi connectivity index (χ0) is 17.8. The number of amides is 1. The fourth-order valence-electron chi connectivity index (χ4n) is 2.33. The van der Waals surface area contributed by atoms with E-state index in [1.807, 2.05) is 18.2 Å². The molecule has 0 saturated heterocycles. The molecule has 0 radical (unpaired) electrons. The fraction of sp³-hybridized carbons (Fsp3) is 0.278. The second-order valence-corrected chi connectivity index (χ2v) is 5.58. The van der Waals surface area contributed by atoms with Crippen LogP contribution < -0.4 is 19.5 Å². The molecule has 0 spiro atoms. The van der Waals surface area contributed by atoms with Crippen LogP contribution in [0.15, 0.2) is 42.5 Å². The lowest BCUT2D eigenvalue weighted by Gasteiger charge is -2.27. The van der Waals surface area contributed by atoms with Crippen LogP contribution in [0.4, 0.5) is 8.78 Å². The Kier molecular flexibility index (Phi) is 5.02. The van der Waals surface area contributed by atoms with Crippen LogP contribution in [-0.2, 0) is 4.79 Å². The van der Waals surface area contributed by atoms with Crippen LogP contribution in [-0.4, -0.2) is 31.3 Å². The summed E-state index contributed by atoms with van der Waals surface area (Å²) < 4.78 is 42.7. The van der Waals surface area contributed by atoms with Gasteiger partial charge in [0, 0.05) is 6.07 Å². The average molecular weight is 349 g/mol. The van der Waals surface area contributed by atoms with Gasteiger partial charge in [-0.05, 0) is 31.2 Å². The molecule has 7 heteroatoms. The van der Waals surface area contributed by atoms with Gasteiger partial charge in [-0.15, -0.1) is 0 Å². The van der Waals surface area contributed by atoms with E-state index in [1.165, 1.54) is 13.0 Å². The first-order valence-corrected chi connectivity index (χ1v) is 7.81. The van der Waals surface area contributed by atoms with Crippen LogP contribution in [0.3, 0.4) is 0 Å². The van der Waals surface area contributed by atoms with Gasteiger partial charge in [-0.2, -0.15) is 0 Å². The normalized spacial score (nSPS) is 16.8. The van der Waals surface area contributed by atoms with Crippen molar-refractivity contribution in [2.45, 2.75) is 19.1 Å². The lowest BCUT2D eigenvalue weighted by molar-refractivity contribution is -0.127. The highest BCUT2D eigenvalue weighted by Gasteiger charge is 2.23. The largest absolute Gasteiger partial charge is 0.486 e. The smallest absolute Gasteiger partial charge is 0.260 e. The topological polar surface area (TPSA) is 56.8 Å². The molecule has 0 aliphatic carbocycles. The number of hydrogen-bond acceptors (Lipinski definition) is 4. The van der Waals surface area contributed by atoms with Crippen LogP contribution in [0.25, 0.3) is 0 Å². The summed E-state index contributed by atoms with van der Waals surface area (Å²) in [5, 5.41) is 2.69. The number of halogens is 2.